The summed E-state index contributed by atoms with van der Waals surface area (Å²) >= 11 is 3.34. The molecule has 0 aliphatic carbocycles. The molecule has 0 aliphatic heterocycles. The molecule has 0 amide bonds. The van der Waals surface area contributed by atoms with Crippen LogP contribution in [0, 0.1) is 5.82 Å². The first kappa shape index (κ1) is 14.7. The van der Waals surface area contributed by atoms with Gasteiger partial charge in [-0.15, -0.1) is 0 Å². The quantitative estimate of drug-likeness (QED) is 0.759. The average Bonchev–Trinajstić information content (AvgIpc) is 2.46. The van der Waals surface area contributed by atoms with Crippen LogP contribution in [0.2, 0.25) is 0 Å². The second-order valence-corrected chi connectivity index (χ2v) is 5.49. The van der Waals surface area contributed by atoms with Crippen molar-refractivity contribution >= 4 is 27.4 Å². The van der Waals surface area contributed by atoms with Crippen LogP contribution in [0.15, 0.2) is 53.0 Å². The number of hydrogen-bond donors (Lipinski definition) is 0. The molecule has 4 heteroatoms. The van der Waals surface area contributed by atoms with Crippen molar-refractivity contribution in [3.8, 4) is 0 Å². The number of benzene rings is 2. The maximum absolute atomic E-state index is 12.8. The Labute approximate surface area is 126 Å². The molecule has 2 nitrogen and oxygen atoms in total. The molecule has 2 aromatic carbocycles. The average molecular weight is 336 g/mol. The summed E-state index contributed by atoms with van der Waals surface area (Å²) in [5.74, 6) is -0.153. The van der Waals surface area contributed by atoms with Crippen LogP contribution in [0.4, 0.5) is 10.1 Å². The summed E-state index contributed by atoms with van der Waals surface area (Å²) in [6, 6.07) is 13.6. The lowest BCUT2D eigenvalue weighted by molar-refractivity contribution is 0.0985. The van der Waals surface area contributed by atoms with Gasteiger partial charge in [-0.3, -0.25) is 4.79 Å². The van der Waals surface area contributed by atoms with E-state index >= 15 is 0 Å². The van der Waals surface area contributed by atoms with Crippen molar-refractivity contribution < 1.29 is 9.18 Å². The third kappa shape index (κ3) is 3.90. The van der Waals surface area contributed by atoms with Gasteiger partial charge < -0.3 is 4.90 Å². The van der Waals surface area contributed by atoms with Crippen LogP contribution >= 0.6 is 15.9 Å². The first-order valence-corrected chi connectivity index (χ1v) is 7.11. The van der Waals surface area contributed by atoms with E-state index in [1.807, 2.05) is 36.2 Å². The Morgan fingerprint density at radius 1 is 1.10 bits per heavy atom. The van der Waals surface area contributed by atoms with Crippen LogP contribution in [-0.4, -0.2) is 19.4 Å². The van der Waals surface area contributed by atoms with E-state index in [9.17, 15) is 9.18 Å². The second-order valence-electron chi connectivity index (χ2n) is 4.58. The molecule has 0 saturated heterocycles. The fraction of sp³-hybridized carbons (Fsp3) is 0.188. The molecule has 0 aliphatic rings. The Bertz CT molecular complexity index is 580. The van der Waals surface area contributed by atoms with Crippen molar-refractivity contribution in [2.45, 2.75) is 6.42 Å². The normalized spacial score (nSPS) is 10.3. The number of rotatable bonds is 5. The van der Waals surface area contributed by atoms with Gasteiger partial charge >= 0.3 is 0 Å². The highest BCUT2D eigenvalue weighted by atomic mass is 79.9. The van der Waals surface area contributed by atoms with Crippen LogP contribution in [-0.2, 0) is 0 Å². The van der Waals surface area contributed by atoms with Crippen molar-refractivity contribution in [2.24, 2.45) is 0 Å². The van der Waals surface area contributed by atoms with Gasteiger partial charge in [0.15, 0.2) is 5.78 Å². The Kier molecular flexibility index (Phi) is 4.90. The van der Waals surface area contributed by atoms with E-state index in [0.29, 0.717) is 18.5 Å². The van der Waals surface area contributed by atoms with Crippen LogP contribution in [0.1, 0.15) is 16.8 Å². The van der Waals surface area contributed by atoms with Crippen LogP contribution in [0.3, 0.4) is 0 Å². The third-order valence-electron chi connectivity index (χ3n) is 3.11. The number of halogens is 2. The number of nitrogens with zero attached hydrogens (tertiary/aromatic N) is 1. The van der Waals surface area contributed by atoms with Gasteiger partial charge in [0.2, 0.25) is 0 Å². The molecule has 0 unspecified atom stereocenters. The summed E-state index contributed by atoms with van der Waals surface area (Å²) < 4.78 is 13.8. The number of Topliss-reactive ketones (excluding diaryl/α,β-unsaturated/α-hetero) is 1. The Balaban J connectivity index is 1.92. The van der Waals surface area contributed by atoms with E-state index in [1.54, 1.807) is 12.1 Å². The summed E-state index contributed by atoms with van der Waals surface area (Å²) in [6.45, 7) is 0.598. The molecule has 2 aromatic rings. The summed E-state index contributed by atoms with van der Waals surface area (Å²) in [4.78, 5) is 14.0. The van der Waals surface area contributed by atoms with E-state index in [1.165, 1.54) is 12.1 Å². The second kappa shape index (κ2) is 6.66. The highest BCUT2D eigenvalue weighted by Crippen LogP contribution is 2.15. The van der Waals surface area contributed by atoms with Crippen LogP contribution in [0.5, 0.6) is 0 Å². The van der Waals surface area contributed by atoms with Crippen molar-refractivity contribution in [1.29, 1.82) is 0 Å². The third-order valence-corrected chi connectivity index (χ3v) is 3.64. The van der Waals surface area contributed by atoms with Gasteiger partial charge in [0, 0.05) is 35.7 Å². The molecule has 0 atom stereocenters. The molecular formula is C16H15BrFNO. The van der Waals surface area contributed by atoms with Gasteiger partial charge in [-0.2, -0.15) is 0 Å². The number of hydrogen-bond acceptors (Lipinski definition) is 2. The number of carbonyl (C=O) groups excluding carboxylic acids is 1. The van der Waals surface area contributed by atoms with Gasteiger partial charge in [-0.1, -0.05) is 28.1 Å². The Morgan fingerprint density at radius 2 is 1.70 bits per heavy atom. The van der Waals surface area contributed by atoms with Gasteiger partial charge in [0.1, 0.15) is 5.82 Å². The number of ketones is 1. The smallest absolute Gasteiger partial charge is 0.164 e. The van der Waals surface area contributed by atoms with E-state index in [4.69, 9.17) is 0 Å². The summed E-state index contributed by atoms with van der Waals surface area (Å²) in [5.41, 5.74) is 1.61. The fourth-order valence-corrected chi connectivity index (χ4v) is 2.14. The minimum absolute atomic E-state index is 0.103. The first-order valence-electron chi connectivity index (χ1n) is 6.32. The minimum atomic E-state index is -0.256. The molecule has 2 rings (SSSR count). The Hall–Kier alpha value is -1.68. The molecule has 0 heterocycles. The zero-order valence-corrected chi connectivity index (χ0v) is 12.7. The predicted molar refractivity (Wildman–Crippen MR) is 82.8 cm³/mol. The molecule has 0 spiro atoms. The van der Waals surface area contributed by atoms with E-state index in [0.717, 1.165) is 10.2 Å². The predicted octanol–water partition coefficient (Wildman–Crippen LogP) is 4.30. The van der Waals surface area contributed by atoms with Crippen LogP contribution < -0.4 is 4.90 Å². The van der Waals surface area contributed by atoms with E-state index in [-0.39, 0.29) is 11.6 Å². The zero-order chi connectivity index (χ0) is 14.5. The molecule has 0 fully saturated rings. The topological polar surface area (TPSA) is 20.3 Å². The maximum atomic E-state index is 12.8. The SMILES string of the molecule is CN(CCC(=O)c1ccc(Br)cc1)c1ccc(F)cc1. The molecule has 0 N–H and O–H groups in total. The molecular weight excluding hydrogens is 321 g/mol. The number of anilines is 1. The fourth-order valence-electron chi connectivity index (χ4n) is 1.87. The van der Waals surface area contributed by atoms with Crippen LogP contribution in [0.25, 0.3) is 0 Å². The lowest BCUT2D eigenvalue weighted by Gasteiger charge is -2.18. The lowest BCUT2D eigenvalue weighted by atomic mass is 10.1. The highest BCUT2D eigenvalue weighted by molar-refractivity contribution is 9.10. The van der Waals surface area contributed by atoms with Gasteiger partial charge in [-0.05, 0) is 36.4 Å². The molecule has 0 saturated carbocycles. The largest absolute Gasteiger partial charge is 0.374 e. The summed E-state index contributed by atoms with van der Waals surface area (Å²) in [6.07, 6.45) is 0.426. The molecule has 104 valence electrons. The minimum Gasteiger partial charge on any atom is -0.374 e. The zero-order valence-electron chi connectivity index (χ0n) is 11.1. The highest BCUT2D eigenvalue weighted by Gasteiger charge is 2.08. The maximum Gasteiger partial charge on any atom is 0.164 e. The monoisotopic (exact) mass is 335 g/mol. The lowest BCUT2D eigenvalue weighted by Crippen LogP contribution is -2.21. The molecule has 0 radical (unpaired) electrons. The number of carbonyl (C=O) groups is 1. The standard InChI is InChI=1S/C16H15BrFNO/c1-19(15-8-6-14(18)7-9-15)11-10-16(20)12-2-4-13(17)5-3-12/h2-9H,10-11H2,1H3. The van der Waals surface area contributed by atoms with Gasteiger partial charge in [0.05, 0.1) is 0 Å². The van der Waals surface area contributed by atoms with Crippen molar-refractivity contribution in [3.05, 3.63) is 64.4 Å². The van der Waals surface area contributed by atoms with Gasteiger partial charge in [-0.25, -0.2) is 4.39 Å². The van der Waals surface area contributed by atoms with E-state index in [2.05, 4.69) is 15.9 Å². The van der Waals surface area contributed by atoms with Crippen molar-refractivity contribution in [2.75, 3.05) is 18.5 Å². The summed E-state index contributed by atoms with van der Waals surface area (Å²) in [7, 11) is 1.89. The van der Waals surface area contributed by atoms with Gasteiger partial charge in [0.25, 0.3) is 0 Å². The van der Waals surface area contributed by atoms with Crippen molar-refractivity contribution in [1.82, 2.24) is 0 Å². The first-order chi connectivity index (χ1) is 9.56. The molecule has 0 bridgehead atoms. The molecule has 20 heavy (non-hydrogen) atoms. The molecule has 0 aromatic heterocycles. The van der Waals surface area contributed by atoms with Crippen molar-refractivity contribution in [3.63, 3.8) is 0 Å². The summed E-state index contributed by atoms with van der Waals surface area (Å²) in [5, 5.41) is 0. The van der Waals surface area contributed by atoms with E-state index < -0.39 is 0 Å². The Morgan fingerprint density at radius 3 is 2.30 bits per heavy atom.